The van der Waals surface area contributed by atoms with Crippen molar-refractivity contribution < 1.29 is 5.11 Å². The van der Waals surface area contributed by atoms with Gasteiger partial charge in [0.2, 0.25) is 0 Å². The summed E-state index contributed by atoms with van der Waals surface area (Å²) < 4.78 is 0. The van der Waals surface area contributed by atoms with Gasteiger partial charge in [-0.1, -0.05) is 37.3 Å². The molecule has 0 spiro atoms. The number of benzene rings is 1. The Balaban J connectivity index is 2.69. The molecule has 0 aromatic heterocycles. The molecule has 0 aliphatic heterocycles. The molecule has 0 heterocycles. The van der Waals surface area contributed by atoms with Gasteiger partial charge in [-0.15, -0.1) is 0 Å². The lowest BCUT2D eigenvalue weighted by Gasteiger charge is -1.97. The fourth-order valence-corrected chi connectivity index (χ4v) is 1.19. The van der Waals surface area contributed by atoms with Gasteiger partial charge in [-0.2, -0.15) is 0 Å². The summed E-state index contributed by atoms with van der Waals surface area (Å²) in [6.07, 6.45) is 2.29. The van der Waals surface area contributed by atoms with E-state index in [-0.39, 0.29) is 6.61 Å². The topological polar surface area (TPSA) is 20.2 Å². The van der Waals surface area contributed by atoms with Crippen LogP contribution in [0.2, 0.25) is 0 Å². The molecule has 0 bridgehead atoms. The van der Waals surface area contributed by atoms with Crippen molar-refractivity contribution in [1.82, 2.24) is 0 Å². The summed E-state index contributed by atoms with van der Waals surface area (Å²) in [5.74, 6) is 5.49. The maximum atomic E-state index is 8.49. The zero-order valence-electron chi connectivity index (χ0n) is 7.88. The van der Waals surface area contributed by atoms with E-state index in [9.17, 15) is 0 Å². The average Bonchev–Trinajstić information content (AvgIpc) is 2.17. The van der Waals surface area contributed by atoms with Gasteiger partial charge in [0.05, 0.1) is 0 Å². The Morgan fingerprint density at radius 1 is 1.23 bits per heavy atom. The van der Waals surface area contributed by atoms with Crippen LogP contribution in [0.4, 0.5) is 0 Å². The summed E-state index contributed by atoms with van der Waals surface area (Å²) in [7, 11) is 0. The summed E-state index contributed by atoms with van der Waals surface area (Å²) in [4.78, 5) is 0. The fourth-order valence-electron chi connectivity index (χ4n) is 1.19. The molecule has 1 nitrogen and oxygen atoms in total. The Hall–Kier alpha value is -1.26. The van der Waals surface area contributed by atoms with E-state index >= 15 is 0 Å². The summed E-state index contributed by atoms with van der Waals surface area (Å²) >= 11 is 0. The maximum absolute atomic E-state index is 8.49. The van der Waals surface area contributed by atoms with Gasteiger partial charge >= 0.3 is 0 Å². The van der Waals surface area contributed by atoms with Crippen LogP contribution < -0.4 is 0 Å². The van der Waals surface area contributed by atoms with E-state index < -0.39 is 0 Å². The van der Waals surface area contributed by atoms with Crippen molar-refractivity contribution >= 4 is 0 Å². The molecular formula is C12H14O. The van der Waals surface area contributed by atoms with Gasteiger partial charge in [-0.25, -0.2) is 0 Å². The second-order valence-electron chi connectivity index (χ2n) is 2.91. The second kappa shape index (κ2) is 5.40. The quantitative estimate of drug-likeness (QED) is 0.680. The van der Waals surface area contributed by atoms with Gasteiger partial charge in [0.1, 0.15) is 6.61 Å². The van der Waals surface area contributed by atoms with Crippen molar-refractivity contribution in [2.75, 3.05) is 6.61 Å². The number of aliphatic hydroxyl groups is 1. The molecule has 1 heteroatoms. The molecule has 0 fully saturated rings. The second-order valence-corrected chi connectivity index (χ2v) is 2.91. The third-order valence-electron chi connectivity index (χ3n) is 1.80. The van der Waals surface area contributed by atoms with Crippen LogP contribution in [0.25, 0.3) is 0 Å². The van der Waals surface area contributed by atoms with Gasteiger partial charge in [-0.05, 0) is 24.1 Å². The van der Waals surface area contributed by atoms with E-state index in [0.717, 1.165) is 12.0 Å². The molecule has 0 atom stereocenters. The Labute approximate surface area is 79.4 Å². The van der Waals surface area contributed by atoms with Gasteiger partial charge in [0.15, 0.2) is 0 Å². The van der Waals surface area contributed by atoms with Crippen LogP contribution in [0.1, 0.15) is 24.5 Å². The first-order valence-electron chi connectivity index (χ1n) is 4.55. The van der Waals surface area contributed by atoms with Crippen molar-refractivity contribution in [3.05, 3.63) is 35.4 Å². The third-order valence-corrected chi connectivity index (χ3v) is 1.80. The fraction of sp³-hybridized carbons (Fsp3) is 0.333. The first-order valence-corrected chi connectivity index (χ1v) is 4.55. The standard InChI is InChI=1S/C12H14O/c1-2-4-11-6-8-12(9-7-11)5-3-10-13/h6-9,13H,2,4,10H2,1H3. The minimum absolute atomic E-state index is 0.0727. The van der Waals surface area contributed by atoms with Crippen LogP contribution in [0.5, 0.6) is 0 Å². The molecule has 0 unspecified atom stereocenters. The minimum atomic E-state index is -0.0727. The molecule has 68 valence electrons. The minimum Gasteiger partial charge on any atom is -0.384 e. The van der Waals surface area contributed by atoms with Gasteiger partial charge in [0, 0.05) is 5.56 Å². The maximum Gasteiger partial charge on any atom is 0.104 e. The Morgan fingerprint density at radius 2 is 1.92 bits per heavy atom. The predicted octanol–water partition coefficient (Wildman–Crippen LogP) is 1.98. The molecule has 1 aromatic rings. The number of hydrogen-bond acceptors (Lipinski definition) is 1. The van der Waals surface area contributed by atoms with E-state index in [1.54, 1.807) is 0 Å². The zero-order valence-corrected chi connectivity index (χ0v) is 7.88. The Kier molecular flexibility index (Phi) is 4.08. The van der Waals surface area contributed by atoms with E-state index in [4.69, 9.17) is 5.11 Å². The molecule has 1 aromatic carbocycles. The number of rotatable bonds is 2. The molecule has 0 saturated heterocycles. The summed E-state index contributed by atoms with van der Waals surface area (Å²) in [6, 6.07) is 8.16. The lowest BCUT2D eigenvalue weighted by Crippen LogP contribution is -1.83. The average molecular weight is 174 g/mol. The highest BCUT2D eigenvalue weighted by Crippen LogP contribution is 2.05. The molecular weight excluding hydrogens is 160 g/mol. The predicted molar refractivity (Wildman–Crippen MR) is 54.4 cm³/mol. The van der Waals surface area contributed by atoms with E-state index in [0.29, 0.717) is 0 Å². The molecule has 1 rings (SSSR count). The van der Waals surface area contributed by atoms with Crippen molar-refractivity contribution in [3.8, 4) is 11.8 Å². The highest BCUT2D eigenvalue weighted by atomic mass is 16.2. The number of aliphatic hydroxyl groups excluding tert-OH is 1. The first-order chi connectivity index (χ1) is 6.36. The van der Waals surface area contributed by atoms with Crippen molar-refractivity contribution in [2.24, 2.45) is 0 Å². The first kappa shape index (κ1) is 9.83. The zero-order chi connectivity index (χ0) is 9.52. The highest BCUT2D eigenvalue weighted by molar-refractivity contribution is 5.36. The molecule has 0 aliphatic carbocycles. The van der Waals surface area contributed by atoms with E-state index in [2.05, 4.69) is 30.9 Å². The van der Waals surface area contributed by atoms with Crippen molar-refractivity contribution in [1.29, 1.82) is 0 Å². The van der Waals surface area contributed by atoms with Gasteiger partial charge in [0.25, 0.3) is 0 Å². The monoisotopic (exact) mass is 174 g/mol. The summed E-state index contributed by atoms with van der Waals surface area (Å²) in [6.45, 7) is 2.09. The number of hydrogen-bond donors (Lipinski definition) is 1. The van der Waals surface area contributed by atoms with Crippen molar-refractivity contribution in [3.63, 3.8) is 0 Å². The highest BCUT2D eigenvalue weighted by Gasteiger charge is 1.90. The van der Waals surface area contributed by atoms with Gasteiger partial charge in [-0.3, -0.25) is 0 Å². The SMILES string of the molecule is CCCc1ccc(C#CCO)cc1. The van der Waals surface area contributed by atoms with Crippen LogP contribution in [0.15, 0.2) is 24.3 Å². The largest absolute Gasteiger partial charge is 0.384 e. The van der Waals surface area contributed by atoms with Crippen LogP contribution in [-0.2, 0) is 6.42 Å². The third kappa shape index (κ3) is 3.31. The molecule has 0 amide bonds. The Morgan fingerprint density at radius 3 is 2.46 bits per heavy atom. The molecule has 0 aliphatic rings. The van der Waals surface area contributed by atoms with Gasteiger partial charge < -0.3 is 5.11 Å². The van der Waals surface area contributed by atoms with Crippen LogP contribution >= 0.6 is 0 Å². The molecule has 13 heavy (non-hydrogen) atoms. The Bertz CT molecular complexity index is 300. The normalized spacial score (nSPS) is 9.08. The van der Waals surface area contributed by atoms with Crippen LogP contribution in [-0.4, -0.2) is 11.7 Å². The lowest BCUT2D eigenvalue weighted by molar-refractivity contribution is 0.350. The molecule has 0 radical (unpaired) electrons. The molecule has 1 N–H and O–H groups in total. The van der Waals surface area contributed by atoms with Crippen LogP contribution in [0.3, 0.4) is 0 Å². The van der Waals surface area contributed by atoms with E-state index in [1.165, 1.54) is 12.0 Å². The smallest absolute Gasteiger partial charge is 0.104 e. The van der Waals surface area contributed by atoms with Crippen molar-refractivity contribution in [2.45, 2.75) is 19.8 Å². The lowest BCUT2D eigenvalue weighted by atomic mass is 10.1. The van der Waals surface area contributed by atoms with E-state index in [1.807, 2.05) is 12.1 Å². The molecule has 0 saturated carbocycles. The summed E-state index contributed by atoms with van der Waals surface area (Å²) in [5.41, 5.74) is 2.31. The van der Waals surface area contributed by atoms with Crippen LogP contribution in [0, 0.1) is 11.8 Å². The number of aryl methyl sites for hydroxylation is 1. The summed E-state index contributed by atoms with van der Waals surface area (Å²) in [5, 5.41) is 8.49.